The molecule has 2 rings (SSSR count). The van der Waals surface area contributed by atoms with Crippen LogP contribution in [0, 0.1) is 13.8 Å². The third-order valence-corrected chi connectivity index (χ3v) is 3.27. The zero-order valence-electron chi connectivity index (χ0n) is 9.86. The fourth-order valence-electron chi connectivity index (χ4n) is 2.15. The van der Waals surface area contributed by atoms with Gasteiger partial charge in [0.25, 0.3) is 0 Å². The van der Waals surface area contributed by atoms with Crippen molar-refractivity contribution in [1.29, 1.82) is 0 Å². The fraction of sp³-hybridized carbons (Fsp3) is 0.583. The molecule has 17 heavy (non-hydrogen) atoms. The van der Waals surface area contributed by atoms with Crippen LogP contribution in [0.25, 0.3) is 0 Å². The van der Waals surface area contributed by atoms with E-state index in [0.29, 0.717) is 11.4 Å². The van der Waals surface area contributed by atoms with E-state index in [4.69, 9.17) is 5.73 Å². The SMILES string of the molecule is Cc1nc(C2CC2)c(CN)c(C(F)(F)F)c1C. The second-order valence-corrected chi connectivity index (χ2v) is 4.54. The highest BCUT2D eigenvalue weighted by molar-refractivity contribution is 5.43. The molecule has 0 aliphatic heterocycles. The average molecular weight is 244 g/mol. The van der Waals surface area contributed by atoms with Gasteiger partial charge >= 0.3 is 6.18 Å². The van der Waals surface area contributed by atoms with Crippen molar-refractivity contribution in [2.24, 2.45) is 5.73 Å². The number of pyridine rings is 1. The molecule has 1 saturated carbocycles. The summed E-state index contributed by atoms with van der Waals surface area (Å²) >= 11 is 0. The Morgan fingerprint density at radius 2 is 1.88 bits per heavy atom. The Balaban J connectivity index is 2.69. The summed E-state index contributed by atoms with van der Waals surface area (Å²) in [4.78, 5) is 4.30. The molecule has 0 atom stereocenters. The maximum atomic E-state index is 13.1. The summed E-state index contributed by atoms with van der Waals surface area (Å²) in [7, 11) is 0. The minimum absolute atomic E-state index is 0.102. The molecule has 0 aromatic carbocycles. The maximum Gasteiger partial charge on any atom is 0.417 e. The Kier molecular flexibility index (Phi) is 2.89. The van der Waals surface area contributed by atoms with Gasteiger partial charge in [-0.05, 0) is 37.8 Å². The second-order valence-electron chi connectivity index (χ2n) is 4.54. The van der Waals surface area contributed by atoms with Gasteiger partial charge in [0.1, 0.15) is 0 Å². The lowest BCUT2D eigenvalue weighted by molar-refractivity contribution is -0.138. The molecule has 0 saturated heterocycles. The van der Waals surface area contributed by atoms with Crippen molar-refractivity contribution in [1.82, 2.24) is 4.98 Å². The summed E-state index contributed by atoms with van der Waals surface area (Å²) in [6, 6.07) is 0. The van der Waals surface area contributed by atoms with Crippen LogP contribution >= 0.6 is 0 Å². The van der Waals surface area contributed by atoms with Crippen molar-refractivity contribution in [3.8, 4) is 0 Å². The molecule has 2 nitrogen and oxygen atoms in total. The van der Waals surface area contributed by atoms with Crippen LogP contribution in [-0.2, 0) is 12.7 Å². The molecule has 2 N–H and O–H groups in total. The monoisotopic (exact) mass is 244 g/mol. The molecular formula is C12H15F3N2. The molecule has 1 heterocycles. The summed E-state index contributed by atoms with van der Waals surface area (Å²) in [6.07, 6.45) is -2.52. The number of alkyl halides is 3. The van der Waals surface area contributed by atoms with Crippen molar-refractivity contribution in [3.63, 3.8) is 0 Å². The molecule has 0 bridgehead atoms. The normalized spacial score (nSPS) is 16.4. The highest BCUT2D eigenvalue weighted by atomic mass is 19.4. The van der Waals surface area contributed by atoms with Gasteiger partial charge in [-0.2, -0.15) is 13.2 Å². The predicted octanol–water partition coefficient (Wildman–Crippen LogP) is 3.05. The molecule has 1 aliphatic rings. The van der Waals surface area contributed by atoms with E-state index in [-0.39, 0.29) is 23.6 Å². The van der Waals surface area contributed by atoms with Crippen LogP contribution in [0.2, 0.25) is 0 Å². The molecule has 1 aliphatic carbocycles. The lowest BCUT2D eigenvalue weighted by atomic mass is 9.97. The molecular weight excluding hydrogens is 229 g/mol. The molecule has 1 fully saturated rings. The number of nitrogens with zero attached hydrogens (tertiary/aromatic N) is 1. The molecule has 1 aromatic heterocycles. The molecule has 0 spiro atoms. The van der Waals surface area contributed by atoms with E-state index in [1.807, 2.05) is 0 Å². The van der Waals surface area contributed by atoms with E-state index in [2.05, 4.69) is 4.98 Å². The zero-order chi connectivity index (χ0) is 12.8. The summed E-state index contributed by atoms with van der Waals surface area (Å²) in [6.45, 7) is 2.98. The van der Waals surface area contributed by atoms with Gasteiger partial charge in [0.05, 0.1) is 5.56 Å². The van der Waals surface area contributed by atoms with Gasteiger partial charge in [-0.25, -0.2) is 0 Å². The van der Waals surface area contributed by atoms with Crippen LogP contribution in [0.3, 0.4) is 0 Å². The van der Waals surface area contributed by atoms with Crippen LogP contribution in [0.5, 0.6) is 0 Å². The fourth-order valence-corrected chi connectivity index (χ4v) is 2.15. The van der Waals surface area contributed by atoms with E-state index >= 15 is 0 Å². The van der Waals surface area contributed by atoms with Crippen molar-refractivity contribution in [3.05, 3.63) is 28.1 Å². The first-order valence-corrected chi connectivity index (χ1v) is 5.63. The molecule has 5 heteroatoms. The van der Waals surface area contributed by atoms with Crippen molar-refractivity contribution in [2.75, 3.05) is 0 Å². The van der Waals surface area contributed by atoms with Crippen LogP contribution in [0.15, 0.2) is 0 Å². The van der Waals surface area contributed by atoms with Crippen LogP contribution < -0.4 is 5.73 Å². The van der Waals surface area contributed by atoms with Gasteiger partial charge < -0.3 is 5.73 Å². The summed E-state index contributed by atoms with van der Waals surface area (Å²) in [5, 5.41) is 0. The third-order valence-electron chi connectivity index (χ3n) is 3.27. The van der Waals surface area contributed by atoms with Crippen LogP contribution in [-0.4, -0.2) is 4.98 Å². The molecule has 0 amide bonds. The Bertz CT molecular complexity index is 448. The van der Waals surface area contributed by atoms with Crippen molar-refractivity contribution in [2.45, 2.75) is 45.3 Å². The third kappa shape index (κ3) is 2.16. The number of nitrogens with two attached hydrogens (primary N) is 1. The minimum Gasteiger partial charge on any atom is -0.326 e. The number of rotatable bonds is 2. The number of aryl methyl sites for hydroxylation is 1. The summed E-state index contributed by atoms with van der Waals surface area (Å²) in [5.41, 5.74) is 6.31. The standard InChI is InChI=1S/C12H15F3N2/c1-6-7(2)17-11(8-3-4-8)9(5-16)10(6)12(13,14)15/h8H,3-5,16H2,1-2H3. The number of aromatic nitrogens is 1. The number of hydrogen-bond donors (Lipinski definition) is 1. The second kappa shape index (κ2) is 3.98. The maximum absolute atomic E-state index is 13.1. The van der Waals surface area contributed by atoms with E-state index < -0.39 is 11.7 Å². The first-order valence-electron chi connectivity index (χ1n) is 5.63. The van der Waals surface area contributed by atoms with Gasteiger partial charge in [-0.1, -0.05) is 0 Å². The van der Waals surface area contributed by atoms with Gasteiger partial charge in [-0.15, -0.1) is 0 Å². The largest absolute Gasteiger partial charge is 0.417 e. The topological polar surface area (TPSA) is 38.9 Å². The van der Waals surface area contributed by atoms with Gasteiger partial charge in [0.15, 0.2) is 0 Å². The smallest absolute Gasteiger partial charge is 0.326 e. The highest BCUT2D eigenvalue weighted by Gasteiger charge is 2.39. The Hall–Kier alpha value is -1.10. The Labute approximate surface area is 98.0 Å². The first-order chi connectivity index (χ1) is 7.86. The zero-order valence-corrected chi connectivity index (χ0v) is 9.86. The lowest BCUT2D eigenvalue weighted by Crippen LogP contribution is -2.18. The lowest BCUT2D eigenvalue weighted by Gasteiger charge is -2.19. The van der Waals surface area contributed by atoms with Crippen LogP contribution in [0.4, 0.5) is 13.2 Å². The first kappa shape index (κ1) is 12.4. The number of hydrogen-bond acceptors (Lipinski definition) is 2. The molecule has 0 radical (unpaired) electrons. The Morgan fingerprint density at radius 3 is 2.29 bits per heavy atom. The molecule has 1 aromatic rings. The van der Waals surface area contributed by atoms with E-state index in [0.717, 1.165) is 12.8 Å². The van der Waals surface area contributed by atoms with Crippen LogP contribution in [0.1, 0.15) is 46.8 Å². The van der Waals surface area contributed by atoms with E-state index in [9.17, 15) is 13.2 Å². The summed E-state index contributed by atoms with van der Waals surface area (Å²) < 4.78 is 39.2. The summed E-state index contributed by atoms with van der Waals surface area (Å²) in [5.74, 6) is 0.175. The molecule has 94 valence electrons. The predicted molar refractivity (Wildman–Crippen MR) is 58.6 cm³/mol. The van der Waals surface area contributed by atoms with Crippen molar-refractivity contribution >= 4 is 0 Å². The van der Waals surface area contributed by atoms with E-state index in [1.165, 1.54) is 6.92 Å². The van der Waals surface area contributed by atoms with Crippen molar-refractivity contribution < 1.29 is 13.2 Å². The number of halogens is 3. The molecule has 0 unspecified atom stereocenters. The average Bonchev–Trinajstić information content (AvgIpc) is 3.02. The minimum atomic E-state index is -4.35. The van der Waals surface area contributed by atoms with Gasteiger partial charge in [0.2, 0.25) is 0 Å². The Morgan fingerprint density at radius 1 is 1.29 bits per heavy atom. The van der Waals surface area contributed by atoms with Gasteiger partial charge in [0, 0.05) is 23.9 Å². The quantitative estimate of drug-likeness (QED) is 0.868. The highest BCUT2D eigenvalue weighted by Crippen LogP contribution is 2.45. The van der Waals surface area contributed by atoms with E-state index in [1.54, 1.807) is 6.92 Å². The van der Waals surface area contributed by atoms with Gasteiger partial charge in [-0.3, -0.25) is 4.98 Å².